The predicted molar refractivity (Wildman–Crippen MR) is 150 cm³/mol. The first-order chi connectivity index (χ1) is 18.2. The van der Waals surface area contributed by atoms with Crippen molar-refractivity contribution in [1.29, 1.82) is 0 Å². The lowest BCUT2D eigenvalue weighted by atomic mass is 9.87. The minimum absolute atomic E-state index is 0.00951. The Kier molecular flexibility index (Phi) is 6.98. The molecule has 0 saturated carbocycles. The number of nitrogens with zero attached hydrogens (tertiary/aromatic N) is 3. The number of oxazole rings is 1. The van der Waals surface area contributed by atoms with E-state index < -0.39 is 0 Å². The maximum atomic E-state index is 12.3. The van der Waals surface area contributed by atoms with Crippen molar-refractivity contribution in [3.05, 3.63) is 101 Å². The lowest BCUT2D eigenvalue weighted by Crippen LogP contribution is -2.19. The third-order valence-electron chi connectivity index (χ3n) is 5.84. The molecule has 0 saturated heterocycles. The van der Waals surface area contributed by atoms with Crippen LogP contribution in [0.2, 0.25) is 5.02 Å². The van der Waals surface area contributed by atoms with Crippen molar-refractivity contribution in [3.8, 4) is 0 Å². The van der Waals surface area contributed by atoms with Crippen molar-refractivity contribution < 1.29 is 13.9 Å². The van der Waals surface area contributed by atoms with E-state index in [1.54, 1.807) is 60.9 Å². The number of aromatic nitrogens is 1. The average Bonchev–Trinajstić information content (AvgIpc) is 3.31. The number of nitrogens with one attached hydrogen (secondary N) is 2. The average molecular weight is 528 g/mol. The number of fused-ring (bicyclic) bond motifs is 1. The van der Waals surface area contributed by atoms with Crippen LogP contribution in [0.5, 0.6) is 0 Å². The van der Waals surface area contributed by atoms with Gasteiger partial charge >= 0.3 is 6.03 Å². The summed E-state index contributed by atoms with van der Waals surface area (Å²) in [6.07, 6.45) is 3.37. The lowest BCUT2D eigenvalue weighted by molar-refractivity contribution is 0.262. The van der Waals surface area contributed by atoms with Crippen molar-refractivity contribution >= 4 is 51.4 Å². The first-order valence-corrected chi connectivity index (χ1v) is 12.4. The quantitative estimate of drug-likeness (QED) is 0.254. The number of urea groups is 1. The van der Waals surface area contributed by atoms with Gasteiger partial charge in [0.1, 0.15) is 17.8 Å². The van der Waals surface area contributed by atoms with Crippen LogP contribution in [0, 0.1) is 0 Å². The van der Waals surface area contributed by atoms with Crippen molar-refractivity contribution in [2.75, 3.05) is 17.2 Å². The summed E-state index contributed by atoms with van der Waals surface area (Å²) in [4.78, 5) is 17.0. The molecule has 2 heterocycles. The fourth-order valence-corrected chi connectivity index (χ4v) is 3.98. The molecular weight excluding hydrogens is 502 g/mol. The summed E-state index contributed by atoms with van der Waals surface area (Å²) in [5.41, 5.74) is 5.81. The monoisotopic (exact) mass is 527 g/mol. The zero-order valence-corrected chi connectivity index (χ0v) is 21.9. The van der Waals surface area contributed by atoms with Gasteiger partial charge in [-0.15, -0.1) is 0 Å². The topological polar surface area (TPSA) is 101 Å². The number of amides is 2. The summed E-state index contributed by atoms with van der Waals surface area (Å²) in [7, 11) is 0. The van der Waals surface area contributed by atoms with Crippen LogP contribution in [0.1, 0.15) is 32.2 Å². The minimum atomic E-state index is -0.379. The molecule has 0 radical (unpaired) electrons. The molecule has 0 spiro atoms. The molecule has 1 aliphatic rings. The van der Waals surface area contributed by atoms with E-state index in [1.807, 2.05) is 6.07 Å². The Balaban J connectivity index is 1.31. The third kappa shape index (κ3) is 5.92. The summed E-state index contributed by atoms with van der Waals surface area (Å²) in [5, 5.41) is 14.8. The van der Waals surface area contributed by atoms with Gasteiger partial charge in [0.25, 0.3) is 0 Å². The predicted octanol–water partition coefficient (Wildman–Crippen LogP) is 8.46. The zero-order valence-electron chi connectivity index (χ0n) is 21.2. The molecule has 0 fully saturated rings. The normalized spacial score (nSPS) is 13.7. The number of hydrogen-bond acceptors (Lipinski definition) is 6. The second-order valence-electron chi connectivity index (χ2n) is 9.76. The van der Waals surface area contributed by atoms with E-state index in [4.69, 9.17) is 25.7 Å². The van der Waals surface area contributed by atoms with Crippen LogP contribution in [-0.4, -0.2) is 17.6 Å². The second-order valence-corrected chi connectivity index (χ2v) is 10.2. The van der Waals surface area contributed by atoms with E-state index in [-0.39, 0.29) is 18.1 Å². The molecular formula is C29H26ClN5O3. The molecule has 8 nitrogen and oxygen atoms in total. The number of azo groups is 1. The van der Waals surface area contributed by atoms with Crippen molar-refractivity contribution in [3.63, 3.8) is 0 Å². The van der Waals surface area contributed by atoms with Crippen LogP contribution in [0.4, 0.5) is 21.9 Å². The number of carbonyl (C=O) groups is 1. The third-order valence-corrected chi connectivity index (χ3v) is 6.07. The maximum Gasteiger partial charge on any atom is 0.323 e. The van der Waals surface area contributed by atoms with E-state index in [0.29, 0.717) is 44.8 Å². The van der Waals surface area contributed by atoms with Crippen LogP contribution >= 0.6 is 11.6 Å². The van der Waals surface area contributed by atoms with Gasteiger partial charge < -0.3 is 19.8 Å². The highest BCUT2D eigenvalue weighted by Gasteiger charge is 2.19. The highest BCUT2D eigenvalue weighted by molar-refractivity contribution is 6.30. The number of benzene rings is 3. The van der Waals surface area contributed by atoms with Gasteiger partial charge in [0, 0.05) is 16.4 Å². The molecule has 2 N–H and O–H groups in total. The largest absolute Gasteiger partial charge is 0.495 e. The molecule has 1 aromatic heterocycles. The van der Waals surface area contributed by atoms with Crippen molar-refractivity contribution in [1.82, 2.24) is 4.98 Å². The smallest absolute Gasteiger partial charge is 0.323 e. The number of rotatable bonds is 5. The summed E-state index contributed by atoms with van der Waals surface area (Å²) in [6.45, 7) is 6.73. The van der Waals surface area contributed by atoms with Crippen LogP contribution in [0.15, 0.2) is 99.4 Å². The Hall–Kier alpha value is -4.43. The molecule has 0 bridgehead atoms. The number of ether oxygens (including phenoxy) is 1. The fraction of sp³-hybridized carbons (Fsp3) is 0.172. The van der Waals surface area contributed by atoms with Crippen LogP contribution < -0.4 is 10.6 Å². The summed E-state index contributed by atoms with van der Waals surface area (Å²) < 4.78 is 11.5. The van der Waals surface area contributed by atoms with E-state index in [1.165, 1.54) is 5.56 Å². The number of carbonyl (C=O) groups excluding carboxylic acids is 1. The molecule has 9 heteroatoms. The van der Waals surface area contributed by atoms with Crippen LogP contribution in [0.25, 0.3) is 16.7 Å². The second kappa shape index (κ2) is 10.5. The Morgan fingerprint density at radius 2 is 1.76 bits per heavy atom. The van der Waals surface area contributed by atoms with Gasteiger partial charge in [0.15, 0.2) is 5.58 Å². The number of anilines is 2. The molecule has 1 aliphatic heterocycles. The van der Waals surface area contributed by atoms with Crippen LogP contribution in [-0.2, 0) is 10.2 Å². The summed E-state index contributed by atoms with van der Waals surface area (Å²) in [6, 6.07) is 19.6. The van der Waals surface area contributed by atoms with Gasteiger partial charge in [-0.05, 0) is 71.7 Å². The molecule has 3 aromatic carbocycles. The lowest BCUT2D eigenvalue weighted by Gasteiger charge is -2.18. The van der Waals surface area contributed by atoms with Gasteiger partial charge in [0.05, 0.1) is 17.5 Å². The standard InChI is InChI=1S/C29H26ClN5O3/c1-29(2,3)18-7-12-26-24(15-18)33-27(38-26)23-13-14-37-17-25(23)35-34-21-10-8-20(9-11-21)31-28(36)32-22-6-4-5-19(30)16-22/h4-16H,17H2,1-3H3,(H2,31,32,36). The first-order valence-electron chi connectivity index (χ1n) is 12.0. The molecule has 4 aromatic rings. The SMILES string of the molecule is CC(C)(C)c1ccc2oc(C3=C(N=Nc4ccc(NC(=O)Nc5cccc(Cl)c5)cc4)COC=C3)nc2c1. The van der Waals surface area contributed by atoms with E-state index in [9.17, 15) is 4.79 Å². The van der Waals surface area contributed by atoms with Gasteiger partial charge in [-0.3, -0.25) is 0 Å². The first kappa shape index (κ1) is 25.2. The Morgan fingerprint density at radius 1 is 0.974 bits per heavy atom. The van der Waals surface area contributed by atoms with Gasteiger partial charge in [-0.2, -0.15) is 10.2 Å². The fourth-order valence-electron chi connectivity index (χ4n) is 3.79. The number of hydrogen-bond donors (Lipinski definition) is 2. The van der Waals surface area contributed by atoms with Gasteiger partial charge in [-0.1, -0.05) is 44.5 Å². The van der Waals surface area contributed by atoms with E-state index >= 15 is 0 Å². The molecule has 2 amide bonds. The zero-order chi connectivity index (χ0) is 26.7. The summed E-state index contributed by atoms with van der Waals surface area (Å²) >= 11 is 5.96. The Morgan fingerprint density at radius 3 is 2.53 bits per heavy atom. The molecule has 38 heavy (non-hydrogen) atoms. The maximum absolute atomic E-state index is 12.3. The molecule has 0 atom stereocenters. The highest BCUT2D eigenvalue weighted by Crippen LogP contribution is 2.31. The molecule has 0 aliphatic carbocycles. The number of allylic oxidation sites excluding steroid dienone is 2. The van der Waals surface area contributed by atoms with E-state index in [0.717, 1.165) is 5.52 Å². The van der Waals surface area contributed by atoms with E-state index in [2.05, 4.69) is 53.8 Å². The summed E-state index contributed by atoms with van der Waals surface area (Å²) in [5.74, 6) is 0.463. The van der Waals surface area contributed by atoms with Crippen LogP contribution in [0.3, 0.4) is 0 Å². The highest BCUT2D eigenvalue weighted by atomic mass is 35.5. The molecule has 5 rings (SSSR count). The molecule has 0 unspecified atom stereocenters. The van der Waals surface area contributed by atoms with Gasteiger partial charge in [0.2, 0.25) is 5.89 Å². The number of halogens is 1. The Labute approximate surface area is 225 Å². The molecule has 192 valence electrons. The van der Waals surface area contributed by atoms with Crippen molar-refractivity contribution in [2.45, 2.75) is 26.2 Å². The minimum Gasteiger partial charge on any atom is -0.495 e. The van der Waals surface area contributed by atoms with Crippen molar-refractivity contribution in [2.24, 2.45) is 10.2 Å². The van der Waals surface area contributed by atoms with Gasteiger partial charge in [-0.25, -0.2) is 9.78 Å². The Bertz CT molecular complexity index is 1580.